The fourth-order valence-corrected chi connectivity index (χ4v) is 2.56. The molecule has 1 aromatic carbocycles. The third kappa shape index (κ3) is 4.85. The molecule has 0 amide bonds. The number of likely N-dealkylation sites (N-methyl/N-ethyl adjacent to an activating group) is 1. The molecule has 0 aliphatic carbocycles. The minimum Gasteiger partial charge on any atom is -0.313 e. The monoisotopic (exact) mass is 279 g/mol. The van der Waals surface area contributed by atoms with Gasteiger partial charge >= 0.3 is 0 Å². The Labute approximate surface area is 121 Å². The van der Waals surface area contributed by atoms with Crippen LogP contribution in [0.4, 0.5) is 4.39 Å². The molecule has 0 spiro atoms. The van der Waals surface area contributed by atoms with Crippen LogP contribution in [0, 0.1) is 12.7 Å². The lowest BCUT2D eigenvalue weighted by molar-refractivity contribution is 0.152. The first kappa shape index (κ1) is 15.4. The van der Waals surface area contributed by atoms with Crippen LogP contribution in [-0.4, -0.2) is 56.1 Å². The van der Waals surface area contributed by atoms with E-state index in [9.17, 15) is 4.39 Å². The van der Waals surface area contributed by atoms with Crippen LogP contribution < -0.4 is 5.32 Å². The van der Waals surface area contributed by atoms with Crippen LogP contribution >= 0.6 is 0 Å². The van der Waals surface area contributed by atoms with E-state index in [1.54, 1.807) is 6.07 Å². The third-order valence-corrected chi connectivity index (χ3v) is 3.94. The molecule has 1 aliphatic rings. The highest BCUT2D eigenvalue weighted by atomic mass is 19.1. The molecule has 3 nitrogen and oxygen atoms in total. The van der Waals surface area contributed by atoms with E-state index in [0.29, 0.717) is 6.54 Å². The van der Waals surface area contributed by atoms with Gasteiger partial charge in [-0.1, -0.05) is 17.7 Å². The average Bonchev–Trinajstić information content (AvgIpc) is 2.44. The zero-order valence-electron chi connectivity index (χ0n) is 12.7. The van der Waals surface area contributed by atoms with Crippen molar-refractivity contribution in [1.82, 2.24) is 15.1 Å². The SMILES string of the molecule is Cc1ccc(F)c(CNCCCN2CCN(C)CC2)c1. The fourth-order valence-electron chi connectivity index (χ4n) is 2.56. The number of benzene rings is 1. The Hall–Kier alpha value is -0.970. The molecule has 1 aliphatic heterocycles. The average molecular weight is 279 g/mol. The summed E-state index contributed by atoms with van der Waals surface area (Å²) in [5, 5.41) is 3.34. The number of rotatable bonds is 6. The van der Waals surface area contributed by atoms with Crippen LogP contribution in [-0.2, 0) is 6.54 Å². The quantitative estimate of drug-likeness (QED) is 0.802. The van der Waals surface area contributed by atoms with Gasteiger partial charge in [0.2, 0.25) is 0 Å². The van der Waals surface area contributed by atoms with Gasteiger partial charge in [0.25, 0.3) is 0 Å². The first-order valence-corrected chi connectivity index (χ1v) is 7.52. The van der Waals surface area contributed by atoms with Gasteiger partial charge in [-0.2, -0.15) is 0 Å². The molecule has 4 heteroatoms. The maximum Gasteiger partial charge on any atom is 0.127 e. The van der Waals surface area contributed by atoms with Crippen LogP contribution in [0.1, 0.15) is 17.5 Å². The highest BCUT2D eigenvalue weighted by Crippen LogP contribution is 2.09. The van der Waals surface area contributed by atoms with Gasteiger partial charge in [-0.25, -0.2) is 4.39 Å². The van der Waals surface area contributed by atoms with Crippen LogP contribution in [0.25, 0.3) is 0 Å². The molecule has 1 heterocycles. The molecule has 0 saturated carbocycles. The van der Waals surface area contributed by atoms with E-state index >= 15 is 0 Å². The molecular formula is C16H26FN3. The highest BCUT2D eigenvalue weighted by Gasteiger charge is 2.12. The number of nitrogens with zero attached hydrogens (tertiary/aromatic N) is 2. The molecule has 112 valence electrons. The molecule has 1 fully saturated rings. The second-order valence-electron chi connectivity index (χ2n) is 5.77. The van der Waals surface area contributed by atoms with Crippen molar-refractivity contribution >= 4 is 0 Å². The molecule has 2 rings (SSSR count). The molecule has 0 aromatic heterocycles. The third-order valence-electron chi connectivity index (χ3n) is 3.94. The minimum atomic E-state index is -0.109. The Bertz CT molecular complexity index is 414. The molecule has 1 N–H and O–H groups in total. The summed E-state index contributed by atoms with van der Waals surface area (Å²) in [5.74, 6) is -0.109. The largest absolute Gasteiger partial charge is 0.313 e. The first-order valence-electron chi connectivity index (χ1n) is 7.52. The van der Waals surface area contributed by atoms with Crippen LogP contribution in [0.5, 0.6) is 0 Å². The van der Waals surface area contributed by atoms with Gasteiger partial charge in [0, 0.05) is 38.3 Å². The number of hydrogen-bond donors (Lipinski definition) is 1. The summed E-state index contributed by atoms with van der Waals surface area (Å²) in [6.45, 7) is 9.37. The van der Waals surface area contributed by atoms with Gasteiger partial charge in [0.05, 0.1) is 0 Å². The summed E-state index contributed by atoms with van der Waals surface area (Å²) < 4.78 is 13.6. The maximum atomic E-state index is 13.6. The Morgan fingerprint density at radius 2 is 1.95 bits per heavy atom. The summed E-state index contributed by atoms with van der Waals surface area (Å²) >= 11 is 0. The molecule has 20 heavy (non-hydrogen) atoms. The number of piperazine rings is 1. The van der Waals surface area contributed by atoms with Crippen molar-refractivity contribution in [3.05, 3.63) is 35.1 Å². The summed E-state index contributed by atoms with van der Waals surface area (Å²) in [6.07, 6.45) is 1.12. The lowest BCUT2D eigenvalue weighted by atomic mass is 10.1. The number of nitrogens with one attached hydrogen (secondary N) is 1. The summed E-state index contributed by atoms with van der Waals surface area (Å²) in [7, 11) is 2.18. The predicted octanol–water partition coefficient (Wildman–Crippen LogP) is 1.86. The van der Waals surface area contributed by atoms with Crippen LogP contribution in [0.15, 0.2) is 18.2 Å². The van der Waals surface area contributed by atoms with E-state index in [1.165, 1.54) is 26.2 Å². The normalized spacial score (nSPS) is 17.6. The van der Waals surface area contributed by atoms with Gasteiger partial charge in [0.15, 0.2) is 0 Å². The first-order chi connectivity index (χ1) is 9.65. The van der Waals surface area contributed by atoms with E-state index in [2.05, 4.69) is 22.2 Å². The molecule has 0 atom stereocenters. The fraction of sp³-hybridized carbons (Fsp3) is 0.625. The van der Waals surface area contributed by atoms with Crippen molar-refractivity contribution in [2.75, 3.05) is 46.3 Å². The molecule has 0 radical (unpaired) electrons. The van der Waals surface area contributed by atoms with Crippen molar-refractivity contribution in [3.8, 4) is 0 Å². The van der Waals surface area contributed by atoms with Gasteiger partial charge in [0.1, 0.15) is 5.82 Å². The van der Waals surface area contributed by atoms with Crippen molar-refractivity contribution in [3.63, 3.8) is 0 Å². The molecular weight excluding hydrogens is 253 g/mol. The lowest BCUT2D eigenvalue weighted by Gasteiger charge is -2.32. The van der Waals surface area contributed by atoms with E-state index < -0.39 is 0 Å². The Kier molecular flexibility index (Phi) is 5.95. The second-order valence-corrected chi connectivity index (χ2v) is 5.77. The molecule has 0 bridgehead atoms. The maximum absolute atomic E-state index is 13.6. The molecule has 1 aromatic rings. The Balaban J connectivity index is 1.61. The van der Waals surface area contributed by atoms with Gasteiger partial charge in [-0.3, -0.25) is 0 Å². The van der Waals surface area contributed by atoms with Crippen molar-refractivity contribution in [2.24, 2.45) is 0 Å². The van der Waals surface area contributed by atoms with Gasteiger partial charge < -0.3 is 15.1 Å². The number of hydrogen-bond acceptors (Lipinski definition) is 3. The number of aryl methyl sites for hydroxylation is 1. The minimum absolute atomic E-state index is 0.109. The molecule has 0 unspecified atom stereocenters. The lowest BCUT2D eigenvalue weighted by Crippen LogP contribution is -2.45. The smallest absolute Gasteiger partial charge is 0.127 e. The van der Waals surface area contributed by atoms with Crippen molar-refractivity contribution in [2.45, 2.75) is 19.9 Å². The van der Waals surface area contributed by atoms with Gasteiger partial charge in [-0.15, -0.1) is 0 Å². The topological polar surface area (TPSA) is 18.5 Å². The van der Waals surface area contributed by atoms with E-state index in [0.717, 1.165) is 30.6 Å². The molecule has 1 saturated heterocycles. The van der Waals surface area contributed by atoms with Crippen molar-refractivity contribution < 1.29 is 4.39 Å². The zero-order valence-corrected chi connectivity index (χ0v) is 12.7. The van der Waals surface area contributed by atoms with E-state index in [4.69, 9.17) is 0 Å². The Morgan fingerprint density at radius 3 is 2.70 bits per heavy atom. The summed E-state index contributed by atoms with van der Waals surface area (Å²) in [4.78, 5) is 4.88. The van der Waals surface area contributed by atoms with Gasteiger partial charge in [-0.05, 0) is 39.5 Å². The second kappa shape index (κ2) is 7.72. The van der Waals surface area contributed by atoms with Crippen LogP contribution in [0.3, 0.4) is 0 Å². The zero-order chi connectivity index (χ0) is 14.4. The summed E-state index contributed by atoms with van der Waals surface area (Å²) in [5.41, 5.74) is 1.88. The highest BCUT2D eigenvalue weighted by molar-refractivity contribution is 5.23. The number of halogens is 1. The van der Waals surface area contributed by atoms with E-state index in [1.807, 2.05) is 19.1 Å². The van der Waals surface area contributed by atoms with Crippen LogP contribution in [0.2, 0.25) is 0 Å². The predicted molar refractivity (Wildman–Crippen MR) is 81.4 cm³/mol. The van der Waals surface area contributed by atoms with Crippen molar-refractivity contribution in [1.29, 1.82) is 0 Å². The Morgan fingerprint density at radius 1 is 1.20 bits per heavy atom. The van der Waals surface area contributed by atoms with E-state index in [-0.39, 0.29) is 5.82 Å². The standard InChI is InChI=1S/C16H26FN3/c1-14-4-5-16(17)15(12-14)13-18-6-3-7-20-10-8-19(2)9-11-20/h4-5,12,18H,3,6-11,13H2,1-2H3. The summed E-state index contributed by atoms with van der Waals surface area (Å²) in [6, 6.07) is 5.28.